The van der Waals surface area contributed by atoms with Crippen LogP contribution in [-0.4, -0.2) is 14.2 Å². The van der Waals surface area contributed by atoms with Crippen molar-refractivity contribution in [3.05, 3.63) is 28.8 Å². The van der Waals surface area contributed by atoms with Crippen molar-refractivity contribution >= 4 is 37.1 Å². The Labute approximate surface area is 97.4 Å². The van der Waals surface area contributed by atoms with Gasteiger partial charge >= 0.3 is 0 Å². The molecule has 0 radical (unpaired) electrons. The molecule has 1 aromatic rings. The quantitative estimate of drug-likeness (QED) is 0.790. The van der Waals surface area contributed by atoms with Crippen LogP contribution >= 0.6 is 22.3 Å². The molecule has 0 unspecified atom stereocenters. The molecule has 15 heavy (non-hydrogen) atoms. The third-order valence-electron chi connectivity index (χ3n) is 1.71. The standard InChI is InChI=1S/C9H8Cl2O3S/c1-6(12)4-7-2-3-9(8(10)5-7)15(11,13)14/h2-3,5H,4H2,1H3. The van der Waals surface area contributed by atoms with E-state index in [0.717, 1.165) is 0 Å². The van der Waals surface area contributed by atoms with E-state index in [0.29, 0.717) is 5.56 Å². The summed E-state index contributed by atoms with van der Waals surface area (Å²) in [6.45, 7) is 1.44. The normalized spacial score (nSPS) is 11.4. The summed E-state index contributed by atoms with van der Waals surface area (Å²) in [5.74, 6) is -0.0208. The Morgan fingerprint density at radius 1 is 1.40 bits per heavy atom. The molecule has 0 amide bonds. The first kappa shape index (κ1) is 12.5. The van der Waals surface area contributed by atoms with E-state index in [9.17, 15) is 13.2 Å². The van der Waals surface area contributed by atoms with E-state index < -0.39 is 9.05 Å². The molecule has 0 spiro atoms. The lowest BCUT2D eigenvalue weighted by Gasteiger charge is -2.02. The first-order chi connectivity index (χ1) is 6.80. The molecule has 0 aliphatic carbocycles. The summed E-state index contributed by atoms with van der Waals surface area (Å²) in [5.41, 5.74) is 0.663. The van der Waals surface area contributed by atoms with E-state index in [-0.39, 0.29) is 22.1 Å². The number of Topliss-reactive ketones (excluding diaryl/α,β-unsaturated/α-hetero) is 1. The fourth-order valence-electron chi connectivity index (χ4n) is 1.14. The molecule has 0 aliphatic rings. The lowest BCUT2D eigenvalue weighted by molar-refractivity contribution is -0.116. The number of halogens is 2. The third kappa shape index (κ3) is 3.48. The van der Waals surface area contributed by atoms with Crippen molar-refractivity contribution < 1.29 is 13.2 Å². The Morgan fingerprint density at radius 2 is 2.00 bits per heavy atom. The Bertz CT molecular complexity index is 494. The highest BCUT2D eigenvalue weighted by atomic mass is 35.7. The number of hydrogen-bond donors (Lipinski definition) is 0. The van der Waals surface area contributed by atoms with Crippen LogP contribution < -0.4 is 0 Å². The van der Waals surface area contributed by atoms with Crippen molar-refractivity contribution in [1.29, 1.82) is 0 Å². The smallest absolute Gasteiger partial charge is 0.262 e. The van der Waals surface area contributed by atoms with E-state index in [2.05, 4.69) is 0 Å². The zero-order valence-corrected chi connectivity index (χ0v) is 10.2. The van der Waals surface area contributed by atoms with Crippen molar-refractivity contribution in [3.8, 4) is 0 Å². The maximum Gasteiger partial charge on any atom is 0.262 e. The van der Waals surface area contributed by atoms with Gasteiger partial charge in [0.1, 0.15) is 10.7 Å². The average molecular weight is 267 g/mol. The number of carbonyl (C=O) groups excluding carboxylic acids is 1. The van der Waals surface area contributed by atoms with Gasteiger partial charge in [0.15, 0.2) is 0 Å². The maximum absolute atomic E-state index is 11.0. The summed E-state index contributed by atoms with van der Waals surface area (Å²) in [7, 11) is 1.32. The molecular formula is C9H8Cl2O3S. The predicted octanol–water partition coefficient (Wildman–Crippen LogP) is 2.40. The summed E-state index contributed by atoms with van der Waals surface area (Å²) in [6, 6.07) is 4.24. The van der Waals surface area contributed by atoms with E-state index in [1.54, 1.807) is 0 Å². The lowest BCUT2D eigenvalue weighted by Crippen LogP contribution is -1.98. The molecule has 0 saturated heterocycles. The van der Waals surface area contributed by atoms with Crippen molar-refractivity contribution in [3.63, 3.8) is 0 Å². The number of carbonyl (C=O) groups is 1. The number of hydrogen-bond acceptors (Lipinski definition) is 3. The van der Waals surface area contributed by atoms with Gasteiger partial charge in [-0.15, -0.1) is 0 Å². The summed E-state index contributed by atoms with van der Waals surface area (Å²) in [5, 5.41) is 0.0313. The Hall–Kier alpha value is -0.580. The van der Waals surface area contributed by atoms with Crippen LogP contribution in [0.2, 0.25) is 5.02 Å². The molecule has 0 bridgehead atoms. The van der Waals surface area contributed by atoms with Gasteiger partial charge in [0, 0.05) is 17.1 Å². The average Bonchev–Trinajstić information content (AvgIpc) is 1.99. The molecule has 0 aliphatic heterocycles. The lowest BCUT2D eigenvalue weighted by atomic mass is 10.1. The Morgan fingerprint density at radius 3 is 2.40 bits per heavy atom. The summed E-state index contributed by atoms with van der Waals surface area (Å²) >= 11 is 5.72. The minimum Gasteiger partial charge on any atom is -0.300 e. The summed E-state index contributed by atoms with van der Waals surface area (Å²) in [6.07, 6.45) is 0.225. The number of rotatable bonds is 3. The van der Waals surface area contributed by atoms with Gasteiger partial charge in [-0.2, -0.15) is 0 Å². The van der Waals surface area contributed by atoms with Gasteiger partial charge in [-0.3, -0.25) is 4.79 Å². The first-order valence-electron chi connectivity index (χ1n) is 4.03. The molecule has 0 heterocycles. The highest BCUT2D eigenvalue weighted by Crippen LogP contribution is 2.25. The van der Waals surface area contributed by atoms with E-state index in [4.69, 9.17) is 22.3 Å². The van der Waals surface area contributed by atoms with Crippen LogP contribution in [0.3, 0.4) is 0 Å². The van der Waals surface area contributed by atoms with Crippen LogP contribution in [-0.2, 0) is 20.3 Å². The molecule has 1 rings (SSSR count). The van der Waals surface area contributed by atoms with Gasteiger partial charge in [0.25, 0.3) is 9.05 Å². The second-order valence-corrected chi connectivity index (χ2v) is 6.02. The van der Waals surface area contributed by atoms with Gasteiger partial charge in [0.2, 0.25) is 0 Å². The van der Waals surface area contributed by atoms with Crippen molar-refractivity contribution in [2.24, 2.45) is 0 Å². The minimum absolute atomic E-state index is 0.0208. The zero-order chi connectivity index (χ0) is 11.6. The van der Waals surface area contributed by atoms with Crippen LogP contribution in [0, 0.1) is 0 Å². The molecule has 82 valence electrons. The van der Waals surface area contributed by atoms with Crippen LogP contribution in [0.15, 0.2) is 23.1 Å². The van der Waals surface area contributed by atoms with Crippen LogP contribution in [0.5, 0.6) is 0 Å². The van der Waals surface area contributed by atoms with E-state index in [1.165, 1.54) is 25.1 Å². The highest BCUT2D eigenvalue weighted by molar-refractivity contribution is 8.13. The zero-order valence-electron chi connectivity index (χ0n) is 7.83. The summed E-state index contributed by atoms with van der Waals surface area (Å²) in [4.78, 5) is 10.7. The summed E-state index contributed by atoms with van der Waals surface area (Å²) < 4.78 is 22.0. The van der Waals surface area contributed by atoms with Gasteiger partial charge in [-0.1, -0.05) is 17.7 Å². The van der Waals surface area contributed by atoms with Crippen LogP contribution in [0.1, 0.15) is 12.5 Å². The molecule has 3 nitrogen and oxygen atoms in total. The molecule has 0 N–H and O–H groups in total. The molecule has 6 heteroatoms. The molecule has 0 fully saturated rings. The van der Waals surface area contributed by atoms with Gasteiger partial charge in [0.05, 0.1) is 5.02 Å². The molecular weight excluding hydrogens is 259 g/mol. The molecule has 1 aromatic carbocycles. The minimum atomic E-state index is -3.82. The van der Waals surface area contributed by atoms with Gasteiger partial charge in [-0.05, 0) is 24.6 Å². The van der Waals surface area contributed by atoms with E-state index >= 15 is 0 Å². The molecule has 0 saturated carbocycles. The maximum atomic E-state index is 11.0. The Kier molecular flexibility index (Phi) is 3.76. The largest absolute Gasteiger partial charge is 0.300 e. The number of ketones is 1. The fourth-order valence-corrected chi connectivity index (χ4v) is 2.69. The molecule has 0 aromatic heterocycles. The second-order valence-electron chi connectivity index (χ2n) is 3.08. The molecule has 0 atom stereocenters. The highest BCUT2D eigenvalue weighted by Gasteiger charge is 2.14. The second kappa shape index (κ2) is 4.51. The topological polar surface area (TPSA) is 51.2 Å². The van der Waals surface area contributed by atoms with Gasteiger partial charge in [-0.25, -0.2) is 8.42 Å². The van der Waals surface area contributed by atoms with Crippen LogP contribution in [0.4, 0.5) is 0 Å². The fraction of sp³-hybridized carbons (Fsp3) is 0.222. The van der Waals surface area contributed by atoms with Crippen molar-refractivity contribution in [2.45, 2.75) is 18.2 Å². The van der Waals surface area contributed by atoms with E-state index in [1.807, 2.05) is 0 Å². The number of benzene rings is 1. The SMILES string of the molecule is CC(=O)Cc1ccc(S(=O)(=O)Cl)c(Cl)c1. The van der Waals surface area contributed by atoms with Crippen molar-refractivity contribution in [1.82, 2.24) is 0 Å². The van der Waals surface area contributed by atoms with Gasteiger partial charge < -0.3 is 0 Å². The van der Waals surface area contributed by atoms with Crippen molar-refractivity contribution in [2.75, 3.05) is 0 Å². The predicted molar refractivity (Wildman–Crippen MR) is 58.9 cm³/mol. The monoisotopic (exact) mass is 266 g/mol. The first-order valence-corrected chi connectivity index (χ1v) is 6.72. The van der Waals surface area contributed by atoms with Crippen LogP contribution in [0.25, 0.3) is 0 Å². The third-order valence-corrected chi connectivity index (χ3v) is 3.52. The Balaban J connectivity index is 3.15.